The molecule has 0 heterocycles. The molecule has 0 aliphatic heterocycles. The van der Waals surface area contributed by atoms with Crippen LogP contribution in [0.1, 0.15) is 6.42 Å². The van der Waals surface area contributed by atoms with Gasteiger partial charge < -0.3 is 4.74 Å². The van der Waals surface area contributed by atoms with Gasteiger partial charge in [-0.3, -0.25) is 9.59 Å². The maximum absolute atomic E-state index is 11.9. The Balaban J connectivity index is 2.13. The van der Waals surface area contributed by atoms with E-state index in [-0.39, 0.29) is 29.5 Å². The van der Waals surface area contributed by atoms with E-state index in [9.17, 15) is 9.59 Å². The maximum Gasteiger partial charge on any atom is 0.317 e. The predicted octanol–water partition coefficient (Wildman–Crippen LogP) is 1.11. The molecule has 0 amide bonds. The van der Waals surface area contributed by atoms with Gasteiger partial charge in [-0.15, -0.1) is 0 Å². The summed E-state index contributed by atoms with van der Waals surface area (Å²) in [5.41, 5.74) is -0.675. The van der Waals surface area contributed by atoms with Gasteiger partial charge in [0.25, 0.3) is 0 Å². The molecule has 3 heteroatoms. The minimum absolute atomic E-state index is 0.0808. The maximum atomic E-state index is 11.9. The Morgan fingerprint density at radius 3 is 3.07 bits per heavy atom. The summed E-state index contributed by atoms with van der Waals surface area (Å²) in [6, 6.07) is 0. The van der Waals surface area contributed by atoms with Crippen molar-refractivity contribution in [3.63, 3.8) is 0 Å². The Hall–Kier alpha value is -1.38. The van der Waals surface area contributed by atoms with Gasteiger partial charge in [-0.05, 0) is 24.3 Å². The van der Waals surface area contributed by atoms with Crippen LogP contribution in [0.25, 0.3) is 0 Å². The van der Waals surface area contributed by atoms with E-state index in [0.29, 0.717) is 0 Å². The van der Waals surface area contributed by atoms with E-state index in [1.165, 1.54) is 7.11 Å². The highest BCUT2D eigenvalue weighted by Crippen LogP contribution is 2.60. The Morgan fingerprint density at radius 2 is 2.33 bits per heavy atom. The molecule has 3 rings (SSSR count). The zero-order valence-corrected chi connectivity index (χ0v) is 8.47. The highest BCUT2D eigenvalue weighted by atomic mass is 16.5. The molecule has 0 aromatic carbocycles. The van der Waals surface area contributed by atoms with Crippen LogP contribution in [0.5, 0.6) is 0 Å². The number of carbonyl (C=O) groups excluding carboxylic acids is 2. The average Bonchev–Trinajstić information content (AvgIpc) is 2.89. The Morgan fingerprint density at radius 1 is 1.53 bits per heavy atom. The number of fused-ring (bicyclic) bond motifs is 5. The van der Waals surface area contributed by atoms with E-state index >= 15 is 0 Å². The molecule has 0 aromatic rings. The molecule has 0 spiro atoms. The number of rotatable bonds is 1. The number of hydrogen-bond donors (Lipinski definition) is 0. The average molecular weight is 204 g/mol. The monoisotopic (exact) mass is 204 g/mol. The van der Waals surface area contributed by atoms with Crippen molar-refractivity contribution in [2.24, 2.45) is 23.2 Å². The molecule has 0 radical (unpaired) electrons. The minimum Gasteiger partial charge on any atom is -0.468 e. The first-order valence-corrected chi connectivity index (χ1v) is 5.20. The smallest absolute Gasteiger partial charge is 0.317 e. The normalized spacial score (nSPS) is 44.9. The van der Waals surface area contributed by atoms with Crippen LogP contribution in [0.2, 0.25) is 0 Å². The summed E-state index contributed by atoms with van der Waals surface area (Å²) in [4.78, 5) is 23.6. The Labute approximate surface area is 87.8 Å². The topological polar surface area (TPSA) is 43.4 Å². The third kappa shape index (κ3) is 0.822. The molecule has 2 bridgehead atoms. The van der Waals surface area contributed by atoms with Crippen LogP contribution >= 0.6 is 0 Å². The van der Waals surface area contributed by atoms with E-state index in [0.717, 1.165) is 6.42 Å². The van der Waals surface area contributed by atoms with E-state index in [4.69, 9.17) is 4.74 Å². The second kappa shape index (κ2) is 2.60. The lowest BCUT2D eigenvalue weighted by molar-refractivity contribution is -0.154. The third-order valence-electron chi connectivity index (χ3n) is 4.04. The van der Waals surface area contributed by atoms with Gasteiger partial charge in [0.1, 0.15) is 5.41 Å². The van der Waals surface area contributed by atoms with E-state index < -0.39 is 5.41 Å². The molecule has 78 valence electrons. The lowest BCUT2D eigenvalue weighted by Gasteiger charge is -2.31. The molecule has 1 fully saturated rings. The number of hydrogen-bond acceptors (Lipinski definition) is 3. The zero-order chi connectivity index (χ0) is 10.6. The molecule has 0 saturated heterocycles. The first kappa shape index (κ1) is 8.89. The highest BCUT2D eigenvalue weighted by Gasteiger charge is 2.64. The number of allylic oxidation sites excluding steroid dienone is 3. The first-order valence-electron chi connectivity index (χ1n) is 5.20. The Kier molecular flexibility index (Phi) is 1.54. The van der Waals surface area contributed by atoms with Crippen LogP contribution in [0.4, 0.5) is 0 Å². The fourth-order valence-corrected chi connectivity index (χ4v) is 3.43. The summed E-state index contributed by atoms with van der Waals surface area (Å²) < 4.78 is 4.86. The van der Waals surface area contributed by atoms with Crippen molar-refractivity contribution in [3.8, 4) is 0 Å². The van der Waals surface area contributed by atoms with Crippen molar-refractivity contribution < 1.29 is 14.3 Å². The summed E-state index contributed by atoms with van der Waals surface area (Å²) in [5.74, 6) is 0.0166. The van der Waals surface area contributed by atoms with Crippen LogP contribution in [0.15, 0.2) is 24.3 Å². The second-order valence-electron chi connectivity index (χ2n) is 4.53. The van der Waals surface area contributed by atoms with Gasteiger partial charge in [0.2, 0.25) is 0 Å². The quantitative estimate of drug-likeness (QED) is 0.474. The minimum atomic E-state index is -0.675. The zero-order valence-electron chi connectivity index (χ0n) is 8.47. The first-order chi connectivity index (χ1) is 7.20. The molecule has 3 aliphatic carbocycles. The van der Waals surface area contributed by atoms with Gasteiger partial charge in [0.15, 0.2) is 5.78 Å². The molecule has 1 saturated carbocycles. The summed E-state index contributed by atoms with van der Waals surface area (Å²) in [6.45, 7) is 0. The molecule has 3 nitrogen and oxygen atoms in total. The van der Waals surface area contributed by atoms with Crippen LogP contribution in [-0.2, 0) is 14.3 Å². The standard InChI is InChI=1S/C12H12O3/c1-15-11(14)12-5-4-9(13)10(12)7-2-3-8(12)6-7/h2-5,7-8,10H,6H2,1H3/t7-,8+,10?,12-/m1/s1. The summed E-state index contributed by atoms with van der Waals surface area (Å²) in [6.07, 6.45) is 8.35. The number of ketones is 1. The molecule has 1 unspecified atom stereocenters. The Bertz CT molecular complexity index is 407. The SMILES string of the molecule is COC(=O)[C@@]12C=CC(=O)C1[C@@H]1C=C[C@H]2C1. The van der Waals surface area contributed by atoms with Crippen molar-refractivity contribution >= 4 is 11.8 Å². The van der Waals surface area contributed by atoms with E-state index in [2.05, 4.69) is 12.2 Å². The van der Waals surface area contributed by atoms with Crippen LogP contribution in [0, 0.1) is 23.2 Å². The lowest BCUT2D eigenvalue weighted by atomic mass is 9.70. The van der Waals surface area contributed by atoms with Crippen molar-refractivity contribution in [3.05, 3.63) is 24.3 Å². The van der Waals surface area contributed by atoms with Gasteiger partial charge in [0, 0.05) is 5.92 Å². The molecular formula is C12H12O3. The molecular weight excluding hydrogens is 192 g/mol. The van der Waals surface area contributed by atoms with Crippen LogP contribution in [0.3, 0.4) is 0 Å². The lowest BCUT2D eigenvalue weighted by Crippen LogP contribution is -2.41. The van der Waals surface area contributed by atoms with Crippen molar-refractivity contribution in [2.75, 3.05) is 7.11 Å². The van der Waals surface area contributed by atoms with Gasteiger partial charge in [-0.1, -0.05) is 18.2 Å². The van der Waals surface area contributed by atoms with Crippen LogP contribution < -0.4 is 0 Å². The number of methoxy groups -OCH3 is 1. The molecule has 3 aliphatic rings. The largest absolute Gasteiger partial charge is 0.468 e. The number of ether oxygens (including phenoxy) is 1. The fourth-order valence-electron chi connectivity index (χ4n) is 3.43. The van der Waals surface area contributed by atoms with Crippen molar-refractivity contribution in [1.82, 2.24) is 0 Å². The fraction of sp³-hybridized carbons (Fsp3) is 0.500. The van der Waals surface area contributed by atoms with Gasteiger partial charge in [-0.25, -0.2) is 0 Å². The second-order valence-corrected chi connectivity index (χ2v) is 4.53. The van der Waals surface area contributed by atoms with Gasteiger partial charge >= 0.3 is 5.97 Å². The van der Waals surface area contributed by atoms with Gasteiger partial charge in [0.05, 0.1) is 7.11 Å². The summed E-state index contributed by atoms with van der Waals surface area (Å²) in [5, 5.41) is 0. The van der Waals surface area contributed by atoms with E-state index in [1.54, 1.807) is 12.2 Å². The van der Waals surface area contributed by atoms with Gasteiger partial charge in [-0.2, -0.15) is 0 Å². The molecule has 15 heavy (non-hydrogen) atoms. The highest BCUT2D eigenvalue weighted by molar-refractivity contribution is 6.03. The molecule has 4 atom stereocenters. The molecule has 0 N–H and O–H groups in total. The third-order valence-corrected chi connectivity index (χ3v) is 4.04. The predicted molar refractivity (Wildman–Crippen MR) is 52.8 cm³/mol. The van der Waals surface area contributed by atoms with E-state index in [1.807, 2.05) is 0 Å². The van der Waals surface area contributed by atoms with Crippen molar-refractivity contribution in [2.45, 2.75) is 6.42 Å². The van der Waals surface area contributed by atoms with Crippen molar-refractivity contribution in [1.29, 1.82) is 0 Å². The summed E-state index contributed by atoms with van der Waals surface area (Å²) in [7, 11) is 1.39. The van der Waals surface area contributed by atoms with Crippen LogP contribution in [-0.4, -0.2) is 18.9 Å². The number of carbonyl (C=O) groups is 2. The molecule has 0 aromatic heterocycles. The summed E-state index contributed by atoms with van der Waals surface area (Å²) >= 11 is 0. The number of esters is 1.